The van der Waals surface area contributed by atoms with E-state index in [0.717, 1.165) is 13.4 Å². The zero-order valence-corrected chi connectivity index (χ0v) is 11.3. The number of rotatable bonds is 0. The Morgan fingerprint density at radius 2 is 1.62 bits per heavy atom. The quantitative estimate of drug-likeness (QED) is 0.608. The van der Waals surface area contributed by atoms with Crippen LogP contribution in [0.3, 0.4) is 0 Å². The van der Waals surface area contributed by atoms with Crippen LogP contribution in [0.1, 0.15) is 0 Å². The highest BCUT2D eigenvalue weighted by Crippen LogP contribution is 2.32. The Kier molecular flexibility index (Phi) is 2.77. The summed E-state index contributed by atoms with van der Waals surface area (Å²) in [5.74, 6) is 0. The molecule has 0 saturated carbocycles. The summed E-state index contributed by atoms with van der Waals surface area (Å²) in [6, 6.07) is 10.4. The van der Waals surface area contributed by atoms with Gasteiger partial charge in [-0.2, -0.15) is 0 Å². The van der Waals surface area contributed by atoms with Crippen molar-refractivity contribution in [1.82, 2.24) is 0 Å². The van der Waals surface area contributed by atoms with Crippen LogP contribution in [0, 0.1) is 0 Å². The predicted octanol–water partition coefficient (Wildman–Crippen LogP) is 5.13. The van der Waals surface area contributed by atoms with E-state index in [2.05, 4.69) is 66.0 Å². The van der Waals surface area contributed by atoms with E-state index in [9.17, 15) is 0 Å². The number of benzene rings is 2. The summed E-state index contributed by atoms with van der Waals surface area (Å²) in [6.07, 6.45) is 0. The highest BCUT2D eigenvalue weighted by atomic mass is 79.9. The van der Waals surface area contributed by atoms with E-state index >= 15 is 0 Å². The van der Waals surface area contributed by atoms with Gasteiger partial charge in [0.25, 0.3) is 0 Å². The molecule has 0 atom stereocenters. The summed E-state index contributed by atoms with van der Waals surface area (Å²) in [5.41, 5.74) is 0. The Balaban J connectivity index is 2.87. The van der Waals surface area contributed by atoms with Gasteiger partial charge >= 0.3 is 0 Å². The van der Waals surface area contributed by atoms with Crippen LogP contribution in [0.5, 0.6) is 0 Å². The second kappa shape index (κ2) is 3.71. The van der Waals surface area contributed by atoms with E-state index in [1.54, 1.807) is 0 Å². The number of hydrogen-bond donors (Lipinski definition) is 0. The van der Waals surface area contributed by atoms with Crippen molar-refractivity contribution in [2.75, 3.05) is 0 Å². The van der Waals surface area contributed by atoms with Crippen molar-refractivity contribution in [3.8, 4) is 0 Å². The fourth-order valence-electron chi connectivity index (χ4n) is 1.24. The van der Waals surface area contributed by atoms with Crippen LogP contribution in [0.4, 0.5) is 0 Å². The molecule has 0 bridgehead atoms. The number of hydrogen-bond acceptors (Lipinski definition) is 0. The molecule has 66 valence electrons. The standard InChI is InChI=1S/C10H5Br3/c11-7-2-3-8-6(5-7)1-4-9(12)10(8)13/h1-5H. The van der Waals surface area contributed by atoms with Gasteiger partial charge in [0, 0.05) is 13.4 Å². The summed E-state index contributed by atoms with van der Waals surface area (Å²) in [4.78, 5) is 0. The molecule has 0 spiro atoms. The second-order valence-electron chi connectivity index (χ2n) is 2.73. The Morgan fingerprint density at radius 1 is 0.846 bits per heavy atom. The molecule has 0 aliphatic rings. The molecule has 0 aliphatic heterocycles. The van der Waals surface area contributed by atoms with Gasteiger partial charge in [-0.25, -0.2) is 0 Å². The Hall–Kier alpha value is 0.140. The fourth-order valence-corrected chi connectivity index (χ4v) is 2.45. The van der Waals surface area contributed by atoms with Crippen LogP contribution in [-0.4, -0.2) is 0 Å². The minimum Gasteiger partial charge on any atom is -0.0531 e. The third-order valence-corrected chi connectivity index (χ3v) is 4.41. The maximum absolute atomic E-state index is 3.54. The minimum atomic E-state index is 1.09. The van der Waals surface area contributed by atoms with Gasteiger partial charge in [-0.3, -0.25) is 0 Å². The minimum absolute atomic E-state index is 1.09. The largest absolute Gasteiger partial charge is 0.0531 e. The van der Waals surface area contributed by atoms with Crippen LogP contribution in [0.2, 0.25) is 0 Å². The zero-order valence-electron chi connectivity index (χ0n) is 6.52. The molecule has 2 rings (SSSR count). The van der Waals surface area contributed by atoms with E-state index in [1.165, 1.54) is 10.8 Å². The van der Waals surface area contributed by atoms with Crippen molar-refractivity contribution < 1.29 is 0 Å². The van der Waals surface area contributed by atoms with Crippen molar-refractivity contribution in [2.24, 2.45) is 0 Å². The molecule has 13 heavy (non-hydrogen) atoms. The maximum Gasteiger partial charge on any atom is 0.0395 e. The Labute approximate surface area is 102 Å². The molecule has 0 radical (unpaired) electrons. The molecule has 0 unspecified atom stereocenters. The van der Waals surface area contributed by atoms with Crippen LogP contribution >= 0.6 is 47.8 Å². The van der Waals surface area contributed by atoms with Gasteiger partial charge in [-0.05, 0) is 60.8 Å². The van der Waals surface area contributed by atoms with Gasteiger partial charge in [0.2, 0.25) is 0 Å². The van der Waals surface area contributed by atoms with Crippen molar-refractivity contribution in [3.05, 3.63) is 43.7 Å². The fraction of sp³-hybridized carbons (Fsp3) is 0. The van der Waals surface area contributed by atoms with Gasteiger partial charge in [-0.15, -0.1) is 0 Å². The lowest BCUT2D eigenvalue weighted by Crippen LogP contribution is -1.76. The van der Waals surface area contributed by atoms with E-state index in [4.69, 9.17) is 0 Å². The van der Waals surface area contributed by atoms with Crippen LogP contribution in [0.25, 0.3) is 10.8 Å². The first kappa shape index (κ1) is 9.69. The van der Waals surface area contributed by atoms with Gasteiger partial charge in [0.15, 0.2) is 0 Å². The normalized spacial score (nSPS) is 10.7. The monoisotopic (exact) mass is 362 g/mol. The van der Waals surface area contributed by atoms with Crippen LogP contribution in [-0.2, 0) is 0 Å². The highest BCUT2D eigenvalue weighted by Gasteiger charge is 2.02. The SMILES string of the molecule is Brc1ccc2c(Br)c(Br)ccc2c1. The third-order valence-electron chi connectivity index (χ3n) is 1.87. The lowest BCUT2D eigenvalue weighted by molar-refractivity contribution is 1.63. The van der Waals surface area contributed by atoms with Gasteiger partial charge in [-0.1, -0.05) is 28.1 Å². The van der Waals surface area contributed by atoms with Crippen molar-refractivity contribution in [1.29, 1.82) is 0 Å². The maximum atomic E-state index is 3.54. The first-order valence-electron chi connectivity index (χ1n) is 3.72. The number of fused-ring (bicyclic) bond motifs is 1. The molecule has 0 aliphatic carbocycles. The second-order valence-corrected chi connectivity index (χ2v) is 5.29. The van der Waals surface area contributed by atoms with E-state index in [-0.39, 0.29) is 0 Å². The summed E-state index contributed by atoms with van der Waals surface area (Å²) < 4.78 is 3.30. The molecule has 0 amide bonds. The summed E-state index contributed by atoms with van der Waals surface area (Å²) in [7, 11) is 0. The zero-order chi connectivity index (χ0) is 9.42. The van der Waals surface area contributed by atoms with Crippen LogP contribution in [0.15, 0.2) is 43.7 Å². The predicted molar refractivity (Wildman–Crippen MR) is 67.0 cm³/mol. The molecule has 2 aromatic rings. The Morgan fingerprint density at radius 3 is 2.38 bits per heavy atom. The van der Waals surface area contributed by atoms with Crippen molar-refractivity contribution in [3.63, 3.8) is 0 Å². The lowest BCUT2D eigenvalue weighted by Gasteiger charge is -2.02. The summed E-state index contributed by atoms with van der Waals surface area (Å²) in [5, 5.41) is 2.45. The van der Waals surface area contributed by atoms with Gasteiger partial charge < -0.3 is 0 Å². The molecule has 3 heteroatoms. The average molecular weight is 365 g/mol. The first-order chi connectivity index (χ1) is 6.18. The molecule has 0 aromatic heterocycles. The lowest BCUT2D eigenvalue weighted by atomic mass is 10.1. The molecule has 0 saturated heterocycles. The summed E-state index contributed by atoms with van der Waals surface area (Å²) in [6.45, 7) is 0. The molecule has 0 N–H and O–H groups in total. The number of halogens is 3. The third kappa shape index (κ3) is 1.83. The Bertz CT molecular complexity index is 463. The molecule has 0 nitrogen and oxygen atoms in total. The van der Waals surface area contributed by atoms with E-state index in [0.29, 0.717) is 0 Å². The van der Waals surface area contributed by atoms with E-state index < -0.39 is 0 Å². The average Bonchev–Trinajstić information content (AvgIpc) is 2.12. The molecular weight excluding hydrogens is 360 g/mol. The van der Waals surface area contributed by atoms with Crippen molar-refractivity contribution >= 4 is 58.6 Å². The van der Waals surface area contributed by atoms with Crippen molar-refractivity contribution in [2.45, 2.75) is 0 Å². The van der Waals surface area contributed by atoms with Gasteiger partial charge in [0.1, 0.15) is 0 Å². The molecule has 2 aromatic carbocycles. The molecule has 0 heterocycles. The van der Waals surface area contributed by atoms with Gasteiger partial charge in [0.05, 0.1) is 0 Å². The highest BCUT2D eigenvalue weighted by molar-refractivity contribution is 9.13. The molecular formula is C10H5Br3. The first-order valence-corrected chi connectivity index (χ1v) is 6.09. The topological polar surface area (TPSA) is 0 Å². The van der Waals surface area contributed by atoms with E-state index in [1.807, 2.05) is 12.1 Å². The van der Waals surface area contributed by atoms with Crippen LogP contribution < -0.4 is 0 Å². The smallest absolute Gasteiger partial charge is 0.0395 e. The molecule has 0 fully saturated rings. The summed E-state index contributed by atoms with van der Waals surface area (Å²) >= 11 is 10.5.